The van der Waals surface area contributed by atoms with E-state index in [2.05, 4.69) is 44.3 Å². The maximum Gasteiger partial charge on any atom is 0.0422 e. The average molecular weight is 240 g/mol. The minimum Gasteiger partial charge on any atom is -0.399 e. The lowest BCUT2D eigenvalue weighted by Gasteiger charge is -2.23. The average Bonchev–Trinajstić information content (AvgIpc) is 2.28. The Morgan fingerprint density at radius 1 is 0.944 bits per heavy atom. The van der Waals surface area contributed by atoms with Gasteiger partial charge in [0.05, 0.1) is 0 Å². The molecule has 0 spiro atoms. The van der Waals surface area contributed by atoms with Gasteiger partial charge in [0.15, 0.2) is 0 Å². The van der Waals surface area contributed by atoms with E-state index < -0.39 is 0 Å². The molecule has 0 heterocycles. The molecule has 2 heteroatoms. The van der Waals surface area contributed by atoms with E-state index in [0.29, 0.717) is 0 Å². The summed E-state index contributed by atoms with van der Waals surface area (Å²) in [6.07, 6.45) is 0. The Morgan fingerprint density at radius 2 is 1.67 bits per heavy atom. The van der Waals surface area contributed by atoms with Crippen LogP contribution >= 0.6 is 0 Å². The summed E-state index contributed by atoms with van der Waals surface area (Å²) in [5.41, 5.74) is 10.1. The Morgan fingerprint density at radius 3 is 2.33 bits per heavy atom. The first kappa shape index (κ1) is 12.5. The second-order valence-corrected chi connectivity index (χ2v) is 5.55. The lowest BCUT2D eigenvalue weighted by Crippen LogP contribution is -2.13. The number of rotatable bonds is 2. The Balaban J connectivity index is 2.35. The van der Waals surface area contributed by atoms with Crippen molar-refractivity contribution in [3.8, 4) is 0 Å². The van der Waals surface area contributed by atoms with Crippen molar-refractivity contribution in [3.05, 3.63) is 54.1 Å². The zero-order valence-electron chi connectivity index (χ0n) is 11.2. The topological polar surface area (TPSA) is 38.0 Å². The van der Waals surface area contributed by atoms with Gasteiger partial charge in [-0.1, -0.05) is 45.0 Å². The molecule has 0 unspecified atom stereocenters. The molecule has 0 saturated carbocycles. The van der Waals surface area contributed by atoms with E-state index in [1.54, 1.807) is 0 Å². The summed E-state index contributed by atoms with van der Waals surface area (Å²) in [6.45, 7) is 6.65. The first-order valence-corrected chi connectivity index (χ1v) is 6.19. The molecule has 2 nitrogen and oxygen atoms in total. The molecule has 0 saturated heterocycles. The molecule has 0 aliphatic rings. The third-order valence-corrected chi connectivity index (χ3v) is 2.90. The molecule has 0 radical (unpaired) electrons. The number of hydrogen-bond donors (Lipinski definition) is 2. The highest BCUT2D eigenvalue weighted by Crippen LogP contribution is 2.31. The van der Waals surface area contributed by atoms with Crippen molar-refractivity contribution in [1.29, 1.82) is 0 Å². The third kappa shape index (κ3) is 2.83. The summed E-state index contributed by atoms with van der Waals surface area (Å²) in [7, 11) is 0. The normalized spacial score (nSPS) is 11.3. The molecule has 2 rings (SSSR count). The fourth-order valence-electron chi connectivity index (χ4n) is 2.02. The van der Waals surface area contributed by atoms with Gasteiger partial charge in [0.25, 0.3) is 0 Å². The number of benzene rings is 2. The van der Waals surface area contributed by atoms with Crippen LogP contribution in [-0.2, 0) is 5.41 Å². The minimum absolute atomic E-state index is 0.115. The molecule has 0 aliphatic carbocycles. The molecule has 94 valence electrons. The van der Waals surface area contributed by atoms with Gasteiger partial charge in [-0.3, -0.25) is 0 Å². The van der Waals surface area contributed by atoms with Crippen molar-refractivity contribution >= 4 is 17.1 Å². The number of nitrogen functional groups attached to an aromatic ring is 1. The molecule has 0 amide bonds. The van der Waals surface area contributed by atoms with Crippen molar-refractivity contribution in [3.63, 3.8) is 0 Å². The largest absolute Gasteiger partial charge is 0.399 e. The smallest absolute Gasteiger partial charge is 0.0422 e. The minimum atomic E-state index is 0.115. The van der Waals surface area contributed by atoms with Crippen LogP contribution < -0.4 is 11.1 Å². The molecule has 2 aromatic carbocycles. The van der Waals surface area contributed by atoms with Crippen molar-refractivity contribution in [2.24, 2.45) is 0 Å². The van der Waals surface area contributed by atoms with Crippen LogP contribution in [0.2, 0.25) is 0 Å². The highest BCUT2D eigenvalue weighted by atomic mass is 14.9. The Labute approximate surface area is 109 Å². The second-order valence-electron chi connectivity index (χ2n) is 5.55. The first-order valence-electron chi connectivity index (χ1n) is 6.19. The van der Waals surface area contributed by atoms with Gasteiger partial charge in [0.1, 0.15) is 0 Å². The number of hydrogen-bond acceptors (Lipinski definition) is 2. The van der Waals surface area contributed by atoms with Crippen LogP contribution in [0.3, 0.4) is 0 Å². The molecule has 18 heavy (non-hydrogen) atoms. The van der Waals surface area contributed by atoms with E-state index in [9.17, 15) is 0 Å². The Bertz CT molecular complexity index is 539. The fraction of sp³-hybridized carbons (Fsp3) is 0.250. The molecule has 2 aromatic rings. The van der Waals surface area contributed by atoms with Crippen LogP contribution in [0.5, 0.6) is 0 Å². The molecule has 0 atom stereocenters. The van der Waals surface area contributed by atoms with E-state index in [1.807, 2.05) is 30.3 Å². The SMILES string of the molecule is CC(C)(C)c1ccccc1Nc1cccc(N)c1. The fourth-order valence-corrected chi connectivity index (χ4v) is 2.02. The number of para-hydroxylation sites is 1. The van der Waals surface area contributed by atoms with Gasteiger partial charge in [-0.25, -0.2) is 0 Å². The van der Waals surface area contributed by atoms with Gasteiger partial charge in [-0.05, 0) is 35.2 Å². The highest BCUT2D eigenvalue weighted by Gasteiger charge is 2.17. The van der Waals surface area contributed by atoms with Gasteiger partial charge in [0.2, 0.25) is 0 Å². The summed E-state index contributed by atoms with van der Waals surface area (Å²) < 4.78 is 0. The standard InChI is InChI=1S/C16H20N2/c1-16(2,3)14-9-4-5-10-15(14)18-13-8-6-7-12(17)11-13/h4-11,18H,17H2,1-3H3. The van der Waals surface area contributed by atoms with E-state index in [1.165, 1.54) is 5.56 Å². The zero-order valence-corrected chi connectivity index (χ0v) is 11.2. The quantitative estimate of drug-likeness (QED) is 0.768. The van der Waals surface area contributed by atoms with E-state index in [0.717, 1.165) is 17.1 Å². The summed E-state index contributed by atoms with van der Waals surface area (Å²) in [4.78, 5) is 0. The summed E-state index contributed by atoms with van der Waals surface area (Å²) in [5, 5.41) is 3.44. The van der Waals surface area contributed by atoms with Crippen molar-refractivity contribution in [1.82, 2.24) is 0 Å². The predicted octanol–water partition coefficient (Wildman–Crippen LogP) is 4.31. The third-order valence-electron chi connectivity index (χ3n) is 2.90. The number of nitrogens with one attached hydrogen (secondary N) is 1. The van der Waals surface area contributed by atoms with E-state index in [4.69, 9.17) is 5.73 Å². The second kappa shape index (κ2) is 4.73. The lowest BCUT2D eigenvalue weighted by molar-refractivity contribution is 0.592. The molecule has 0 fully saturated rings. The van der Waals surface area contributed by atoms with Crippen LogP contribution in [0.1, 0.15) is 26.3 Å². The molecular formula is C16H20N2. The van der Waals surface area contributed by atoms with Crippen LogP contribution in [0.25, 0.3) is 0 Å². The zero-order chi connectivity index (χ0) is 13.2. The first-order chi connectivity index (χ1) is 8.47. The summed E-state index contributed by atoms with van der Waals surface area (Å²) in [6, 6.07) is 16.2. The van der Waals surface area contributed by atoms with Crippen LogP contribution in [0.15, 0.2) is 48.5 Å². The van der Waals surface area contributed by atoms with Crippen LogP contribution in [0.4, 0.5) is 17.1 Å². The highest BCUT2D eigenvalue weighted by molar-refractivity contribution is 5.67. The van der Waals surface area contributed by atoms with Crippen molar-refractivity contribution in [2.75, 3.05) is 11.1 Å². The molecule has 0 aliphatic heterocycles. The van der Waals surface area contributed by atoms with Gasteiger partial charge in [0, 0.05) is 17.1 Å². The Kier molecular flexibility index (Phi) is 3.28. The summed E-state index contributed by atoms with van der Waals surface area (Å²) >= 11 is 0. The van der Waals surface area contributed by atoms with Gasteiger partial charge in [-0.2, -0.15) is 0 Å². The lowest BCUT2D eigenvalue weighted by atomic mass is 9.86. The number of nitrogens with two attached hydrogens (primary N) is 1. The van der Waals surface area contributed by atoms with Gasteiger partial charge >= 0.3 is 0 Å². The van der Waals surface area contributed by atoms with E-state index in [-0.39, 0.29) is 5.41 Å². The maximum absolute atomic E-state index is 5.80. The van der Waals surface area contributed by atoms with Gasteiger partial charge < -0.3 is 11.1 Å². The van der Waals surface area contributed by atoms with Gasteiger partial charge in [-0.15, -0.1) is 0 Å². The van der Waals surface area contributed by atoms with Crippen molar-refractivity contribution in [2.45, 2.75) is 26.2 Å². The van der Waals surface area contributed by atoms with Crippen LogP contribution in [0, 0.1) is 0 Å². The van der Waals surface area contributed by atoms with Crippen LogP contribution in [-0.4, -0.2) is 0 Å². The number of anilines is 3. The van der Waals surface area contributed by atoms with E-state index >= 15 is 0 Å². The predicted molar refractivity (Wildman–Crippen MR) is 79.3 cm³/mol. The monoisotopic (exact) mass is 240 g/mol. The molecule has 0 bridgehead atoms. The maximum atomic E-state index is 5.80. The molecular weight excluding hydrogens is 220 g/mol. The molecule has 3 N–H and O–H groups in total. The molecule has 0 aromatic heterocycles. The van der Waals surface area contributed by atoms with Crippen molar-refractivity contribution < 1.29 is 0 Å². The Hall–Kier alpha value is -1.96. The summed E-state index contributed by atoms with van der Waals surface area (Å²) in [5.74, 6) is 0.